The summed E-state index contributed by atoms with van der Waals surface area (Å²) in [5, 5.41) is 25.9. The first-order chi connectivity index (χ1) is 23.4. The second-order valence-electron chi connectivity index (χ2n) is 13.2. The molecule has 3 aromatic rings. The second-order valence-corrected chi connectivity index (χ2v) is 15.2. The summed E-state index contributed by atoms with van der Waals surface area (Å²) in [7, 11) is -4.42. The Bertz CT molecular complexity index is 1840. The number of nitrogens with zero attached hydrogens (tertiary/aromatic N) is 5. The van der Waals surface area contributed by atoms with Crippen LogP contribution in [0.25, 0.3) is 5.82 Å². The maximum atomic E-state index is 13.2. The Hall–Kier alpha value is -4.16. The summed E-state index contributed by atoms with van der Waals surface area (Å²) in [5.41, 5.74) is -2.55. The summed E-state index contributed by atoms with van der Waals surface area (Å²) in [6, 6.07) is 8.25. The Balaban J connectivity index is 1.12. The SMILES string of the molecule is CC1(C)C[C@H](CCCNc2cccc(S(=O)(=O)NC(=O)c3ccc(-n4ccc(OC[C@H](O)CC5(C(F)(F)F)CC5)n4)nc3Cl)n2)CN1C(=O)O. The standard InChI is InChI=1S/C31H37ClF3N7O7S/c1-29(2)15-19(17-41(29)28(45)46)5-4-13-36-22-6-3-7-25(37-22)50(47,48)40-27(44)21-8-9-23(38-26(21)32)42-14-10-24(39-42)49-18-20(43)16-30(11-12-30)31(33,34)35/h3,6-10,14,19-20,43H,4-5,11-13,15-18H2,1-2H3,(H,36,37)(H,40,44)(H,45,46)/t19-,20+/m0/s1. The van der Waals surface area contributed by atoms with E-state index >= 15 is 0 Å². The molecule has 1 aliphatic carbocycles. The van der Waals surface area contributed by atoms with Gasteiger partial charge in [-0.2, -0.15) is 21.6 Å². The van der Waals surface area contributed by atoms with Crippen LogP contribution < -0.4 is 14.8 Å². The molecule has 19 heteroatoms. The van der Waals surface area contributed by atoms with E-state index in [1.165, 1.54) is 46.1 Å². The molecule has 4 N–H and O–H groups in total. The molecule has 1 aliphatic heterocycles. The maximum absolute atomic E-state index is 13.2. The molecule has 14 nitrogen and oxygen atoms in total. The number of aliphatic hydroxyl groups excluding tert-OH is 1. The number of aliphatic hydroxyl groups is 1. The van der Waals surface area contributed by atoms with Crippen molar-refractivity contribution in [2.75, 3.05) is 25.0 Å². The second kappa shape index (κ2) is 14.2. The number of alkyl halides is 3. The number of rotatable bonds is 14. The quantitative estimate of drug-likeness (QED) is 0.130. The number of hydrogen-bond acceptors (Lipinski definition) is 10. The lowest BCUT2D eigenvalue weighted by atomic mass is 9.93. The average molecular weight is 744 g/mol. The number of carboxylic acid groups (broad SMARTS) is 1. The molecule has 2 amide bonds. The van der Waals surface area contributed by atoms with Gasteiger partial charge in [0, 0.05) is 30.9 Å². The molecule has 5 rings (SSSR count). The van der Waals surface area contributed by atoms with Crippen molar-refractivity contribution in [1.29, 1.82) is 0 Å². The molecule has 272 valence electrons. The van der Waals surface area contributed by atoms with Gasteiger partial charge in [-0.15, -0.1) is 5.10 Å². The van der Waals surface area contributed by atoms with E-state index in [2.05, 4.69) is 20.4 Å². The Morgan fingerprint density at radius 2 is 1.90 bits per heavy atom. The third-order valence-corrected chi connectivity index (χ3v) is 10.4. The Kier molecular flexibility index (Phi) is 10.6. The van der Waals surface area contributed by atoms with Crippen molar-refractivity contribution in [2.45, 2.75) is 75.2 Å². The van der Waals surface area contributed by atoms with Gasteiger partial charge in [0.2, 0.25) is 5.88 Å². The zero-order valence-electron chi connectivity index (χ0n) is 27.2. The number of likely N-dealkylation sites (tertiary alicyclic amines) is 1. The number of carbonyl (C=O) groups excluding carboxylic acids is 1. The molecule has 1 saturated heterocycles. The third kappa shape index (κ3) is 8.58. The Morgan fingerprint density at radius 1 is 1.16 bits per heavy atom. The molecule has 0 radical (unpaired) electrons. The molecule has 0 aromatic carbocycles. The molecule has 0 unspecified atom stereocenters. The number of pyridine rings is 2. The number of ether oxygens (including phenoxy) is 1. The van der Waals surface area contributed by atoms with Gasteiger partial charge in [0.05, 0.1) is 17.1 Å². The van der Waals surface area contributed by atoms with Crippen molar-refractivity contribution in [3.05, 3.63) is 53.3 Å². The first kappa shape index (κ1) is 37.1. The summed E-state index contributed by atoms with van der Waals surface area (Å²) in [6.45, 7) is 4.32. The number of hydrogen-bond donors (Lipinski definition) is 4. The summed E-state index contributed by atoms with van der Waals surface area (Å²) < 4.78 is 74.0. The fraction of sp³-hybridized carbons (Fsp3) is 0.516. The minimum atomic E-state index is -4.42. The number of anilines is 1. The van der Waals surface area contributed by atoms with Gasteiger partial charge < -0.3 is 25.2 Å². The van der Waals surface area contributed by atoms with E-state index in [0.717, 1.165) is 12.8 Å². The summed E-state index contributed by atoms with van der Waals surface area (Å²) in [6.07, 6.45) is -3.58. The van der Waals surface area contributed by atoms with Crippen LogP contribution in [0, 0.1) is 11.3 Å². The lowest BCUT2D eigenvalue weighted by molar-refractivity contribution is -0.195. The molecule has 50 heavy (non-hydrogen) atoms. The number of amides is 2. The summed E-state index contributed by atoms with van der Waals surface area (Å²) >= 11 is 6.22. The molecule has 1 saturated carbocycles. The van der Waals surface area contributed by atoms with Crippen LogP contribution in [-0.2, 0) is 10.0 Å². The van der Waals surface area contributed by atoms with Gasteiger partial charge in [0.1, 0.15) is 17.6 Å². The van der Waals surface area contributed by atoms with Gasteiger partial charge in [0.25, 0.3) is 15.9 Å². The molecular weight excluding hydrogens is 707 g/mol. The predicted molar refractivity (Wildman–Crippen MR) is 174 cm³/mol. The molecule has 2 fully saturated rings. The fourth-order valence-electron chi connectivity index (χ4n) is 6.10. The highest BCUT2D eigenvalue weighted by Crippen LogP contribution is 2.60. The number of nitrogens with one attached hydrogen (secondary N) is 2. The Labute approximate surface area is 291 Å². The van der Waals surface area contributed by atoms with Gasteiger partial charge in [-0.05, 0) is 82.6 Å². The minimum absolute atomic E-state index is 0.000830. The van der Waals surface area contributed by atoms with Gasteiger partial charge in [-0.3, -0.25) is 4.79 Å². The molecule has 3 aromatic heterocycles. The van der Waals surface area contributed by atoms with Gasteiger partial charge in [-0.1, -0.05) is 17.7 Å². The van der Waals surface area contributed by atoms with E-state index in [1.54, 1.807) is 6.07 Å². The number of sulfonamides is 1. The minimum Gasteiger partial charge on any atom is -0.474 e. The maximum Gasteiger partial charge on any atom is 0.407 e. The fourth-order valence-corrected chi connectivity index (χ4v) is 7.27. The van der Waals surface area contributed by atoms with Crippen molar-refractivity contribution in [3.63, 3.8) is 0 Å². The highest BCUT2D eigenvalue weighted by Gasteiger charge is 2.63. The van der Waals surface area contributed by atoms with Crippen molar-refractivity contribution >= 4 is 39.4 Å². The molecule has 4 heterocycles. The lowest BCUT2D eigenvalue weighted by Crippen LogP contribution is -2.41. The van der Waals surface area contributed by atoms with E-state index in [0.29, 0.717) is 19.5 Å². The van der Waals surface area contributed by atoms with E-state index in [4.69, 9.17) is 16.3 Å². The summed E-state index contributed by atoms with van der Waals surface area (Å²) in [4.78, 5) is 34.1. The first-order valence-corrected chi connectivity index (χ1v) is 17.6. The van der Waals surface area contributed by atoms with Crippen LogP contribution in [0.2, 0.25) is 5.15 Å². The van der Waals surface area contributed by atoms with E-state index in [9.17, 15) is 41.4 Å². The number of carbonyl (C=O) groups is 2. The van der Waals surface area contributed by atoms with Crippen LogP contribution in [0.4, 0.5) is 23.8 Å². The third-order valence-electron chi connectivity index (χ3n) is 8.89. The largest absolute Gasteiger partial charge is 0.474 e. The molecular formula is C31H37ClF3N7O7S. The predicted octanol–water partition coefficient (Wildman–Crippen LogP) is 4.88. The molecule has 0 spiro atoms. The van der Waals surface area contributed by atoms with Crippen LogP contribution in [0.3, 0.4) is 0 Å². The lowest BCUT2D eigenvalue weighted by Gasteiger charge is -2.28. The van der Waals surface area contributed by atoms with Crippen molar-refractivity contribution < 1.29 is 46.1 Å². The molecule has 2 atom stereocenters. The number of halogens is 4. The van der Waals surface area contributed by atoms with Crippen molar-refractivity contribution in [3.8, 4) is 11.7 Å². The van der Waals surface area contributed by atoms with E-state index in [1.807, 2.05) is 18.6 Å². The number of aromatic nitrogens is 4. The normalized spacial score (nSPS) is 18.8. The molecule has 2 aliphatic rings. The van der Waals surface area contributed by atoms with E-state index < -0.39 is 63.3 Å². The van der Waals surface area contributed by atoms with Gasteiger partial charge >= 0.3 is 12.3 Å². The molecule has 0 bridgehead atoms. The van der Waals surface area contributed by atoms with Crippen LogP contribution in [0.15, 0.2) is 47.6 Å². The van der Waals surface area contributed by atoms with E-state index in [-0.39, 0.29) is 47.0 Å². The Morgan fingerprint density at radius 3 is 2.54 bits per heavy atom. The van der Waals surface area contributed by atoms with Crippen LogP contribution in [0.1, 0.15) is 62.7 Å². The monoisotopic (exact) mass is 743 g/mol. The van der Waals surface area contributed by atoms with Crippen molar-refractivity contribution in [2.24, 2.45) is 11.3 Å². The smallest absolute Gasteiger partial charge is 0.407 e. The average Bonchev–Trinajstić information content (AvgIpc) is 3.54. The highest BCUT2D eigenvalue weighted by atomic mass is 35.5. The zero-order valence-corrected chi connectivity index (χ0v) is 28.7. The van der Waals surface area contributed by atoms with Crippen LogP contribution in [0.5, 0.6) is 5.88 Å². The van der Waals surface area contributed by atoms with Crippen LogP contribution in [-0.4, -0.2) is 92.8 Å². The topological polar surface area (TPSA) is 189 Å². The zero-order chi connectivity index (χ0) is 36.5. The van der Waals surface area contributed by atoms with Crippen LogP contribution >= 0.6 is 11.6 Å². The van der Waals surface area contributed by atoms with Crippen molar-refractivity contribution in [1.82, 2.24) is 29.4 Å². The highest BCUT2D eigenvalue weighted by molar-refractivity contribution is 7.90. The first-order valence-electron chi connectivity index (χ1n) is 15.8. The van der Waals surface area contributed by atoms with Gasteiger partial charge in [0.15, 0.2) is 10.8 Å². The van der Waals surface area contributed by atoms with Gasteiger partial charge in [-0.25, -0.2) is 24.2 Å². The summed E-state index contributed by atoms with van der Waals surface area (Å²) in [5.74, 6) is -0.458.